The fraction of sp³-hybridized carbons (Fsp3) is 0.222. The minimum Gasteiger partial charge on any atom is -0.336 e. The minimum absolute atomic E-state index is 0.143. The molecule has 0 saturated heterocycles. The highest BCUT2D eigenvalue weighted by molar-refractivity contribution is 9.09. The van der Waals surface area contributed by atoms with Crippen molar-refractivity contribution >= 4 is 21.7 Å². The van der Waals surface area contributed by atoms with Gasteiger partial charge in [0.2, 0.25) is 5.01 Å². The first-order valence-corrected chi connectivity index (χ1v) is 4.64. The van der Waals surface area contributed by atoms with Crippen molar-refractivity contribution in [3.05, 3.63) is 30.3 Å². The zero-order chi connectivity index (χ0) is 9.68. The summed E-state index contributed by atoms with van der Waals surface area (Å²) in [7, 11) is 0. The number of carbonyl (C=O) groups is 1. The molecule has 4 heteroatoms. The van der Waals surface area contributed by atoms with Crippen LogP contribution >= 0.6 is 15.9 Å². The molecule has 13 heavy (non-hydrogen) atoms. The molecule has 0 spiro atoms. The summed E-state index contributed by atoms with van der Waals surface area (Å²) in [5.41, 5.74) is 0. The van der Waals surface area contributed by atoms with E-state index in [4.69, 9.17) is 9.78 Å². The third kappa shape index (κ3) is 3.57. The van der Waals surface area contributed by atoms with Crippen LogP contribution in [0.4, 0.5) is 0 Å². The number of rotatable bonds is 4. The summed E-state index contributed by atoms with van der Waals surface area (Å²) in [6, 6.07) is 8.97. The highest BCUT2D eigenvalue weighted by Crippen LogP contribution is 2.11. The first-order valence-electron chi connectivity index (χ1n) is 3.73. The Balaban J connectivity index is 2.39. The number of benzene rings is 1. The summed E-state index contributed by atoms with van der Waals surface area (Å²) in [6.45, 7) is 1.41. The third-order valence-electron chi connectivity index (χ3n) is 1.29. The van der Waals surface area contributed by atoms with Crippen molar-refractivity contribution in [3.63, 3.8) is 0 Å². The Hall–Kier alpha value is -0.870. The molecule has 0 aliphatic heterocycles. The lowest BCUT2D eigenvalue weighted by molar-refractivity contribution is -0.214. The smallest absolute Gasteiger partial charge is 0.216 e. The Morgan fingerprint density at radius 3 is 2.54 bits per heavy atom. The van der Waals surface area contributed by atoms with Gasteiger partial charge in [0.25, 0.3) is 0 Å². The molecule has 1 aromatic carbocycles. The molecule has 0 saturated carbocycles. The van der Waals surface area contributed by atoms with Crippen LogP contribution in [0.15, 0.2) is 30.3 Å². The number of ketones is 1. The molecular formula is C9H9BrO3. The molecule has 0 aliphatic rings. The molecule has 0 N–H and O–H groups in total. The van der Waals surface area contributed by atoms with Gasteiger partial charge in [-0.2, -0.15) is 4.89 Å². The van der Waals surface area contributed by atoms with Crippen molar-refractivity contribution in [2.45, 2.75) is 11.9 Å². The van der Waals surface area contributed by atoms with Crippen molar-refractivity contribution < 1.29 is 14.6 Å². The van der Waals surface area contributed by atoms with Crippen LogP contribution in [-0.4, -0.2) is 10.8 Å². The SMILES string of the molecule is CC(=O)C(Br)OOc1ccccc1. The Kier molecular flexibility index (Phi) is 3.92. The number of hydrogen-bond acceptors (Lipinski definition) is 3. The van der Waals surface area contributed by atoms with Gasteiger partial charge in [-0.05, 0) is 35.0 Å². The van der Waals surface area contributed by atoms with Gasteiger partial charge in [0, 0.05) is 0 Å². The van der Waals surface area contributed by atoms with E-state index in [0.29, 0.717) is 5.75 Å². The number of halogens is 1. The molecule has 0 aliphatic carbocycles. The van der Waals surface area contributed by atoms with Crippen LogP contribution in [0.25, 0.3) is 0 Å². The second kappa shape index (κ2) is 4.99. The second-order valence-corrected chi connectivity index (χ2v) is 3.25. The first-order chi connectivity index (χ1) is 6.20. The molecule has 0 heterocycles. The van der Waals surface area contributed by atoms with Crippen molar-refractivity contribution in [3.8, 4) is 5.75 Å². The number of alkyl halides is 1. The number of carbonyl (C=O) groups excluding carboxylic acids is 1. The van der Waals surface area contributed by atoms with Crippen LogP contribution < -0.4 is 4.89 Å². The Morgan fingerprint density at radius 2 is 2.00 bits per heavy atom. The number of hydrogen-bond donors (Lipinski definition) is 0. The number of Topliss-reactive ketones (excluding diaryl/α,β-unsaturated/α-hetero) is 1. The van der Waals surface area contributed by atoms with E-state index in [2.05, 4.69) is 15.9 Å². The Bertz CT molecular complexity index is 273. The molecule has 1 aromatic rings. The highest BCUT2D eigenvalue weighted by atomic mass is 79.9. The summed E-state index contributed by atoms with van der Waals surface area (Å²) in [5.74, 6) is 0.420. The topological polar surface area (TPSA) is 35.5 Å². The van der Waals surface area contributed by atoms with Gasteiger partial charge in [-0.15, -0.1) is 0 Å². The highest BCUT2D eigenvalue weighted by Gasteiger charge is 2.11. The van der Waals surface area contributed by atoms with Gasteiger partial charge in [-0.25, -0.2) is 0 Å². The van der Waals surface area contributed by atoms with E-state index in [1.807, 2.05) is 18.2 Å². The van der Waals surface area contributed by atoms with Crippen molar-refractivity contribution in [1.29, 1.82) is 0 Å². The minimum atomic E-state index is -0.715. The first kappa shape index (κ1) is 10.2. The van der Waals surface area contributed by atoms with E-state index in [-0.39, 0.29) is 5.78 Å². The lowest BCUT2D eigenvalue weighted by Gasteiger charge is -2.06. The summed E-state index contributed by atoms with van der Waals surface area (Å²) in [5, 5.41) is -0.715. The van der Waals surface area contributed by atoms with Crippen molar-refractivity contribution in [2.75, 3.05) is 0 Å². The predicted molar refractivity (Wildman–Crippen MR) is 51.6 cm³/mol. The molecule has 70 valence electrons. The fourth-order valence-corrected chi connectivity index (χ4v) is 0.718. The van der Waals surface area contributed by atoms with Crippen LogP contribution in [0.5, 0.6) is 5.75 Å². The maximum Gasteiger partial charge on any atom is 0.216 e. The van der Waals surface area contributed by atoms with Gasteiger partial charge >= 0.3 is 0 Å². The van der Waals surface area contributed by atoms with Crippen molar-refractivity contribution in [1.82, 2.24) is 0 Å². The molecule has 0 bridgehead atoms. The molecule has 0 fully saturated rings. The molecule has 0 amide bonds. The zero-order valence-electron chi connectivity index (χ0n) is 7.07. The van der Waals surface area contributed by atoms with E-state index in [1.165, 1.54) is 6.92 Å². The average Bonchev–Trinajstić information content (AvgIpc) is 2.15. The number of para-hydroxylation sites is 1. The van der Waals surface area contributed by atoms with Crippen LogP contribution in [-0.2, 0) is 9.68 Å². The fourth-order valence-electron chi connectivity index (χ4n) is 0.642. The van der Waals surface area contributed by atoms with Gasteiger partial charge in [-0.1, -0.05) is 18.2 Å². The lowest BCUT2D eigenvalue weighted by atomic mass is 10.3. The molecular weight excluding hydrogens is 236 g/mol. The van der Waals surface area contributed by atoms with Gasteiger partial charge < -0.3 is 4.89 Å². The second-order valence-electron chi connectivity index (χ2n) is 2.42. The van der Waals surface area contributed by atoms with Crippen LogP contribution in [0, 0.1) is 0 Å². The predicted octanol–water partition coefficient (Wildman–Crippen LogP) is 2.31. The van der Waals surface area contributed by atoms with E-state index < -0.39 is 5.01 Å². The summed E-state index contributed by atoms with van der Waals surface area (Å²) < 4.78 is 0. The van der Waals surface area contributed by atoms with Gasteiger partial charge in [0.05, 0.1) is 0 Å². The Labute approximate surface area is 84.7 Å². The Morgan fingerprint density at radius 1 is 1.38 bits per heavy atom. The monoisotopic (exact) mass is 244 g/mol. The van der Waals surface area contributed by atoms with Crippen LogP contribution in [0.3, 0.4) is 0 Å². The standard InChI is InChI=1S/C9H9BrO3/c1-7(11)9(10)13-12-8-5-3-2-4-6-8/h2-6,9H,1H3. The lowest BCUT2D eigenvalue weighted by Crippen LogP contribution is -2.16. The van der Waals surface area contributed by atoms with Gasteiger partial charge in [0.15, 0.2) is 11.5 Å². The molecule has 1 atom stereocenters. The maximum atomic E-state index is 10.7. The summed E-state index contributed by atoms with van der Waals surface area (Å²) >= 11 is 3.00. The summed E-state index contributed by atoms with van der Waals surface area (Å²) in [6.07, 6.45) is 0. The van der Waals surface area contributed by atoms with Gasteiger partial charge in [0.1, 0.15) is 0 Å². The molecule has 0 aromatic heterocycles. The van der Waals surface area contributed by atoms with E-state index in [9.17, 15) is 4.79 Å². The van der Waals surface area contributed by atoms with Gasteiger partial charge in [-0.3, -0.25) is 4.79 Å². The quantitative estimate of drug-likeness (QED) is 0.464. The average molecular weight is 245 g/mol. The molecule has 1 rings (SSSR count). The molecule has 0 radical (unpaired) electrons. The van der Waals surface area contributed by atoms with Crippen LogP contribution in [0.1, 0.15) is 6.92 Å². The molecule has 3 nitrogen and oxygen atoms in total. The zero-order valence-corrected chi connectivity index (χ0v) is 8.65. The van der Waals surface area contributed by atoms with Crippen molar-refractivity contribution in [2.24, 2.45) is 0 Å². The van der Waals surface area contributed by atoms with E-state index in [1.54, 1.807) is 12.1 Å². The summed E-state index contributed by atoms with van der Waals surface area (Å²) in [4.78, 5) is 20.3. The van der Waals surface area contributed by atoms with E-state index in [0.717, 1.165) is 0 Å². The van der Waals surface area contributed by atoms with Crippen LogP contribution in [0.2, 0.25) is 0 Å². The largest absolute Gasteiger partial charge is 0.336 e. The van der Waals surface area contributed by atoms with E-state index >= 15 is 0 Å². The molecule has 1 unspecified atom stereocenters. The normalized spacial score (nSPS) is 12.2. The third-order valence-corrected chi connectivity index (χ3v) is 2.09. The maximum absolute atomic E-state index is 10.7.